The SMILES string of the molecule is C#CCN(C)S(=O)(=O)c1cccc(CN)c1. The Hall–Kier alpha value is -1.35. The maximum absolute atomic E-state index is 12.0. The van der Waals surface area contributed by atoms with Crippen LogP contribution in [0.3, 0.4) is 0 Å². The number of nitrogens with zero attached hydrogens (tertiary/aromatic N) is 1. The first-order valence-corrected chi connectivity index (χ1v) is 6.15. The predicted molar refractivity (Wildman–Crippen MR) is 63.0 cm³/mol. The molecule has 0 amide bonds. The van der Waals surface area contributed by atoms with Gasteiger partial charge in [-0.1, -0.05) is 18.1 Å². The quantitative estimate of drug-likeness (QED) is 0.772. The fraction of sp³-hybridized carbons (Fsp3) is 0.273. The summed E-state index contributed by atoms with van der Waals surface area (Å²) < 4.78 is 25.1. The van der Waals surface area contributed by atoms with Gasteiger partial charge in [0.1, 0.15) is 0 Å². The fourth-order valence-corrected chi connectivity index (χ4v) is 2.38. The van der Waals surface area contributed by atoms with Crippen molar-refractivity contribution in [1.29, 1.82) is 0 Å². The average Bonchev–Trinajstić information content (AvgIpc) is 2.29. The molecule has 5 heteroatoms. The van der Waals surface area contributed by atoms with Crippen molar-refractivity contribution in [2.45, 2.75) is 11.4 Å². The molecule has 4 nitrogen and oxygen atoms in total. The third-order valence-corrected chi connectivity index (χ3v) is 3.96. The molecule has 0 aliphatic rings. The summed E-state index contributed by atoms with van der Waals surface area (Å²) >= 11 is 0. The van der Waals surface area contributed by atoms with Crippen molar-refractivity contribution >= 4 is 10.0 Å². The lowest BCUT2D eigenvalue weighted by Crippen LogP contribution is -2.27. The topological polar surface area (TPSA) is 63.4 Å². The number of sulfonamides is 1. The Morgan fingerprint density at radius 2 is 2.19 bits per heavy atom. The molecule has 1 aromatic carbocycles. The van der Waals surface area contributed by atoms with E-state index in [1.165, 1.54) is 13.1 Å². The van der Waals surface area contributed by atoms with E-state index < -0.39 is 10.0 Å². The second kappa shape index (κ2) is 5.12. The number of terminal acetylenes is 1. The van der Waals surface area contributed by atoms with Crippen LogP contribution in [-0.2, 0) is 16.6 Å². The number of rotatable bonds is 4. The Kier molecular flexibility index (Phi) is 4.07. The summed E-state index contributed by atoms with van der Waals surface area (Å²) in [6.07, 6.45) is 5.08. The van der Waals surface area contributed by atoms with Gasteiger partial charge < -0.3 is 5.73 Å². The van der Waals surface area contributed by atoms with Gasteiger partial charge in [-0.2, -0.15) is 4.31 Å². The van der Waals surface area contributed by atoms with Crippen molar-refractivity contribution in [3.63, 3.8) is 0 Å². The first-order valence-electron chi connectivity index (χ1n) is 4.71. The van der Waals surface area contributed by atoms with E-state index in [0.717, 1.165) is 9.87 Å². The first-order chi connectivity index (χ1) is 7.52. The van der Waals surface area contributed by atoms with E-state index >= 15 is 0 Å². The van der Waals surface area contributed by atoms with Crippen LogP contribution >= 0.6 is 0 Å². The molecule has 0 atom stereocenters. The lowest BCUT2D eigenvalue weighted by Gasteiger charge is -2.14. The number of benzene rings is 1. The Morgan fingerprint density at radius 1 is 1.50 bits per heavy atom. The molecule has 1 aromatic rings. The molecule has 0 saturated heterocycles. The minimum absolute atomic E-state index is 0.0508. The molecule has 0 unspecified atom stereocenters. The van der Waals surface area contributed by atoms with E-state index in [-0.39, 0.29) is 11.4 Å². The van der Waals surface area contributed by atoms with E-state index in [9.17, 15) is 8.42 Å². The van der Waals surface area contributed by atoms with Crippen LogP contribution in [0.4, 0.5) is 0 Å². The molecule has 0 aliphatic heterocycles. The van der Waals surface area contributed by atoms with E-state index in [4.69, 9.17) is 12.2 Å². The summed E-state index contributed by atoms with van der Waals surface area (Å²) in [6, 6.07) is 6.53. The van der Waals surface area contributed by atoms with E-state index in [1.54, 1.807) is 18.2 Å². The predicted octanol–water partition coefficient (Wildman–Crippen LogP) is 0.399. The fourth-order valence-electron chi connectivity index (χ4n) is 1.23. The smallest absolute Gasteiger partial charge is 0.243 e. The van der Waals surface area contributed by atoms with Gasteiger partial charge >= 0.3 is 0 Å². The third-order valence-electron chi connectivity index (χ3n) is 2.16. The van der Waals surface area contributed by atoms with Gasteiger partial charge in [-0.05, 0) is 17.7 Å². The molecule has 0 saturated carbocycles. The Labute approximate surface area is 96.1 Å². The van der Waals surface area contributed by atoms with Crippen LogP contribution in [-0.4, -0.2) is 26.3 Å². The largest absolute Gasteiger partial charge is 0.326 e. The molecule has 0 bridgehead atoms. The molecular weight excluding hydrogens is 224 g/mol. The molecule has 0 heterocycles. The van der Waals surface area contributed by atoms with Gasteiger partial charge in [0.15, 0.2) is 0 Å². The highest BCUT2D eigenvalue weighted by Crippen LogP contribution is 2.15. The first kappa shape index (κ1) is 12.7. The molecule has 0 aliphatic carbocycles. The maximum atomic E-state index is 12.0. The summed E-state index contributed by atoms with van der Waals surface area (Å²) in [7, 11) is -2.05. The van der Waals surface area contributed by atoms with E-state index in [2.05, 4.69) is 5.92 Å². The lowest BCUT2D eigenvalue weighted by atomic mass is 10.2. The van der Waals surface area contributed by atoms with Gasteiger partial charge in [0.25, 0.3) is 0 Å². The van der Waals surface area contributed by atoms with Crippen LogP contribution in [0.1, 0.15) is 5.56 Å². The summed E-state index contributed by atoms with van der Waals surface area (Å²) in [6.45, 7) is 0.359. The Balaban J connectivity index is 3.12. The van der Waals surface area contributed by atoms with Crippen LogP contribution in [0.2, 0.25) is 0 Å². The average molecular weight is 238 g/mol. The Bertz CT molecular complexity index is 503. The molecule has 0 fully saturated rings. The summed E-state index contributed by atoms with van der Waals surface area (Å²) in [5.74, 6) is 2.29. The molecule has 0 aromatic heterocycles. The minimum atomic E-state index is -3.50. The third kappa shape index (κ3) is 2.61. The molecule has 0 spiro atoms. The molecule has 1 rings (SSSR count). The van der Waals surface area contributed by atoms with Gasteiger partial charge in [-0.25, -0.2) is 8.42 Å². The number of nitrogens with two attached hydrogens (primary N) is 1. The van der Waals surface area contributed by atoms with Crippen LogP contribution in [0.25, 0.3) is 0 Å². The zero-order valence-electron chi connectivity index (χ0n) is 9.05. The zero-order chi connectivity index (χ0) is 12.2. The van der Waals surface area contributed by atoms with Crippen molar-refractivity contribution in [2.24, 2.45) is 5.73 Å². The highest BCUT2D eigenvalue weighted by atomic mass is 32.2. The van der Waals surface area contributed by atoms with Crippen molar-refractivity contribution in [2.75, 3.05) is 13.6 Å². The van der Waals surface area contributed by atoms with Gasteiger partial charge in [-0.3, -0.25) is 0 Å². The maximum Gasteiger partial charge on any atom is 0.243 e. The van der Waals surface area contributed by atoms with Crippen molar-refractivity contribution < 1.29 is 8.42 Å². The summed E-state index contributed by atoms with van der Waals surface area (Å²) in [4.78, 5) is 0.216. The molecule has 0 radical (unpaired) electrons. The van der Waals surface area contributed by atoms with Crippen LogP contribution in [0, 0.1) is 12.3 Å². The zero-order valence-corrected chi connectivity index (χ0v) is 9.87. The highest BCUT2D eigenvalue weighted by Gasteiger charge is 2.19. The van der Waals surface area contributed by atoms with Crippen molar-refractivity contribution in [3.05, 3.63) is 29.8 Å². The normalized spacial score (nSPS) is 11.4. The van der Waals surface area contributed by atoms with Crippen molar-refractivity contribution in [3.8, 4) is 12.3 Å². The second-order valence-electron chi connectivity index (χ2n) is 3.32. The van der Waals surface area contributed by atoms with E-state index in [0.29, 0.717) is 6.54 Å². The number of hydrogen-bond donors (Lipinski definition) is 1. The Morgan fingerprint density at radius 3 is 2.75 bits per heavy atom. The summed E-state index contributed by atoms with van der Waals surface area (Å²) in [5.41, 5.74) is 6.23. The minimum Gasteiger partial charge on any atom is -0.326 e. The van der Waals surface area contributed by atoms with Crippen molar-refractivity contribution in [1.82, 2.24) is 4.31 Å². The van der Waals surface area contributed by atoms with Gasteiger partial charge in [0.2, 0.25) is 10.0 Å². The molecular formula is C11H14N2O2S. The van der Waals surface area contributed by atoms with Gasteiger partial charge in [-0.15, -0.1) is 6.42 Å². The van der Waals surface area contributed by atoms with Gasteiger partial charge in [0, 0.05) is 13.6 Å². The van der Waals surface area contributed by atoms with Crippen LogP contribution in [0.15, 0.2) is 29.2 Å². The van der Waals surface area contributed by atoms with Crippen LogP contribution in [0.5, 0.6) is 0 Å². The highest BCUT2D eigenvalue weighted by molar-refractivity contribution is 7.89. The molecule has 16 heavy (non-hydrogen) atoms. The summed E-state index contributed by atoms with van der Waals surface area (Å²) in [5, 5.41) is 0. The molecule has 86 valence electrons. The van der Waals surface area contributed by atoms with Crippen LogP contribution < -0.4 is 5.73 Å². The number of hydrogen-bond acceptors (Lipinski definition) is 3. The lowest BCUT2D eigenvalue weighted by molar-refractivity contribution is 0.503. The standard InChI is InChI=1S/C11H14N2O2S/c1-3-7-13(2)16(14,15)11-6-4-5-10(8-11)9-12/h1,4-6,8H,7,9,12H2,2H3. The van der Waals surface area contributed by atoms with Gasteiger partial charge in [0.05, 0.1) is 11.4 Å². The second-order valence-corrected chi connectivity index (χ2v) is 5.36. The molecule has 2 N–H and O–H groups in total. The van der Waals surface area contributed by atoms with E-state index in [1.807, 2.05) is 0 Å². The monoisotopic (exact) mass is 238 g/mol.